The summed E-state index contributed by atoms with van der Waals surface area (Å²) in [6.07, 6.45) is 3.34. The molecule has 2 N–H and O–H groups in total. The van der Waals surface area contributed by atoms with E-state index in [-0.39, 0.29) is 49.8 Å². The monoisotopic (exact) mass is 688 g/mol. The van der Waals surface area contributed by atoms with Crippen LogP contribution >= 0.6 is 23.2 Å². The van der Waals surface area contributed by atoms with Crippen molar-refractivity contribution in [2.75, 3.05) is 26.5 Å². The number of nitrogens with zero attached hydrogens (tertiary/aromatic N) is 1. The van der Waals surface area contributed by atoms with Gasteiger partial charge in [-0.1, -0.05) is 35.3 Å². The second kappa shape index (κ2) is 15.7. The maximum Gasteiger partial charge on any atom is 0.387 e. The molecule has 2 aromatic carbocycles. The van der Waals surface area contributed by atoms with Crippen molar-refractivity contribution in [3.8, 4) is 11.5 Å². The first-order valence-corrected chi connectivity index (χ1v) is 16.0. The normalized spacial score (nSPS) is 13.5. The van der Waals surface area contributed by atoms with Gasteiger partial charge in [-0.05, 0) is 54.7 Å². The van der Waals surface area contributed by atoms with Crippen LogP contribution in [0.1, 0.15) is 46.9 Å². The summed E-state index contributed by atoms with van der Waals surface area (Å²) in [6.45, 7) is -2.78. The summed E-state index contributed by atoms with van der Waals surface area (Å²) < 4.78 is 68.4. The summed E-state index contributed by atoms with van der Waals surface area (Å²) in [7, 11) is -0.874. The second-order valence-electron chi connectivity index (χ2n) is 10.4. The van der Waals surface area contributed by atoms with E-state index in [9.17, 15) is 26.8 Å². The third-order valence-electron chi connectivity index (χ3n) is 6.81. The fraction of sp³-hybridized carbons (Fsp3) is 0.367. The van der Waals surface area contributed by atoms with Crippen molar-refractivity contribution in [3.05, 3.63) is 81.6 Å². The van der Waals surface area contributed by atoms with Crippen LogP contribution in [0.5, 0.6) is 11.5 Å². The van der Waals surface area contributed by atoms with Crippen LogP contribution in [0, 0.1) is 5.92 Å². The number of sulfone groups is 1. The Hall–Kier alpha value is -3.52. The number of nitrogens with one attached hydrogen (secondary N) is 1. The molecule has 0 saturated heterocycles. The Bertz CT molecular complexity index is 1600. The Kier molecular flexibility index (Phi) is 12.5. The number of pyridine rings is 1. The number of hydrogen-bond acceptors (Lipinski definition) is 8. The zero-order valence-corrected chi connectivity index (χ0v) is 26.7. The first-order valence-electron chi connectivity index (χ1n) is 13.6. The van der Waals surface area contributed by atoms with Crippen LogP contribution in [-0.4, -0.2) is 63.7 Å². The molecule has 1 heterocycles. The highest BCUT2D eigenvalue weighted by molar-refractivity contribution is 7.91. The molecular weight excluding hydrogens is 657 g/mol. The fourth-order valence-electron chi connectivity index (χ4n) is 4.24. The number of halogens is 4. The third kappa shape index (κ3) is 9.98. The number of aromatic nitrogens is 1. The van der Waals surface area contributed by atoms with Crippen LogP contribution in [0.25, 0.3) is 0 Å². The van der Waals surface area contributed by atoms with Crippen molar-refractivity contribution < 1.29 is 51.5 Å². The molecule has 45 heavy (non-hydrogen) atoms. The maximum atomic E-state index is 13.1. The molecule has 0 aliphatic heterocycles. The Morgan fingerprint density at radius 1 is 1.04 bits per heavy atom. The number of carbonyl (C=O) groups excluding carboxylic acids is 2. The molecule has 0 radical (unpaired) electrons. The van der Waals surface area contributed by atoms with Gasteiger partial charge < -0.3 is 24.6 Å². The van der Waals surface area contributed by atoms with Gasteiger partial charge in [0.1, 0.15) is 16.1 Å². The van der Waals surface area contributed by atoms with Crippen molar-refractivity contribution in [2.45, 2.75) is 43.3 Å². The van der Waals surface area contributed by atoms with Crippen LogP contribution in [-0.2, 0) is 25.8 Å². The number of H-pyrrole nitrogens is 1. The van der Waals surface area contributed by atoms with E-state index in [0.29, 0.717) is 23.7 Å². The van der Waals surface area contributed by atoms with Crippen molar-refractivity contribution in [1.82, 2.24) is 4.90 Å². The zero-order valence-electron chi connectivity index (χ0n) is 24.3. The van der Waals surface area contributed by atoms with Gasteiger partial charge in [-0.3, -0.25) is 9.59 Å². The van der Waals surface area contributed by atoms with Gasteiger partial charge in [-0.25, -0.2) is 13.4 Å². The molecule has 1 aliphatic rings. The summed E-state index contributed by atoms with van der Waals surface area (Å²) in [5.41, 5.74) is 0.989. The smallest absolute Gasteiger partial charge is 0.387 e. The Morgan fingerprint density at radius 3 is 2.36 bits per heavy atom. The van der Waals surface area contributed by atoms with Gasteiger partial charge in [0.2, 0.25) is 0 Å². The number of carbonyl (C=O) groups is 2. The molecule has 1 amide bonds. The molecule has 1 fully saturated rings. The van der Waals surface area contributed by atoms with E-state index in [1.165, 1.54) is 59.8 Å². The van der Waals surface area contributed by atoms with Gasteiger partial charge >= 0.3 is 12.6 Å². The van der Waals surface area contributed by atoms with E-state index in [1.54, 1.807) is 14.1 Å². The summed E-state index contributed by atoms with van der Waals surface area (Å²) in [4.78, 5) is 29.4. The van der Waals surface area contributed by atoms with Crippen molar-refractivity contribution in [3.63, 3.8) is 0 Å². The minimum Gasteiger partial charge on any atom is -0.870 e. The quantitative estimate of drug-likeness (QED) is 0.205. The minimum atomic E-state index is -3.97. The van der Waals surface area contributed by atoms with Gasteiger partial charge in [0, 0.05) is 31.6 Å². The first kappa shape index (κ1) is 36.0. The highest BCUT2D eigenvalue weighted by Gasteiger charge is 2.27. The van der Waals surface area contributed by atoms with Crippen molar-refractivity contribution >= 4 is 44.9 Å². The van der Waals surface area contributed by atoms with Gasteiger partial charge in [0.05, 0.1) is 23.7 Å². The molecule has 3 aromatic rings. The lowest BCUT2D eigenvalue weighted by molar-refractivity contribution is -0.377. The molecule has 4 rings (SSSR count). The van der Waals surface area contributed by atoms with E-state index in [2.05, 4.69) is 9.72 Å². The number of benzene rings is 2. The number of alkyl halides is 2. The number of aromatic amines is 1. The summed E-state index contributed by atoms with van der Waals surface area (Å²) in [5, 5.41) is 0.521. The van der Waals surface area contributed by atoms with Crippen molar-refractivity contribution in [1.29, 1.82) is 0 Å². The van der Waals surface area contributed by atoms with Crippen LogP contribution in [0.4, 0.5) is 8.78 Å². The van der Waals surface area contributed by atoms with Gasteiger partial charge in [-0.2, -0.15) is 8.78 Å². The van der Waals surface area contributed by atoms with Crippen molar-refractivity contribution in [2.24, 2.45) is 5.92 Å². The number of rotatable bonds is 14. The highest BCUT2D eigenvalue weighted by atomic mass is 35.5. The summed E-state index contributed by atoms with van der Waals surface area (Å²) in [6, 6.07) is 9.73. The maximum absolute atomic E-state index is 13.1. The molecule has 10 nitrogen and oxygen atoms in total. The zero-order chi connectivity index (χ0) is 32.0. The molecular formula is C30H32Cl2F2N2O8S. The summed E-state index contributed by atoms with van der Waals surface area (Å²) >= 11 is 12.7. The van der Waals surface area contributed by atoms with E-state index in [1.807, 2.05) is 0 Å². The Labute approximate surface area is 269 Å². The number of amides is 1. The molecule has 1 aromatic heterocycles. The SMILES string of the molecule is CN(C)C(=O)c1cccc(S(=O)(=O)CCC(=O)O[C@@H](Cc2c(Cl)c[nH+]cc2Cl)c2ccc(OC(F)F)c(OCC3CC3)c2)c1.[OH-]. The van der Waals surface area contributed by atoms with Gasteiger partial charge in [0.15, 0.2) is 33.7 Å². The molecule has 1 atom stereocenters. The van der Waals surface area contributed by atoms with Gasteiger partial charge in [-0.15, -0.1) is 0 Å². The molecule has 15 heteroatoms. The fourth-order valence-corrected chi connectivity index (χ4v) is 6.04. The topological polar surface area (TPSA) is 143 Å². The largest absolute Gasteiger partial charge is 0.870 e. The second-order valence-corrected chi connectivity index (χ2v) is 13.4. The average Bonchev–Trinajstić information content (AvgIpc) is 3.81. The number of hydrogen-bond donors (Lipinski definition) is 0. The standard InChI is InChI=1S/C30H30Cl2F2N2O7S.H2O/c1-36(2)29(38)20-4-3-5-21(12-20)44(39,40)11-10-28(37)42-26(14-22-23(31)15-35-16-24(22)32)19-8-9-25(43-30(33)34)27(13-19)41-17-18-6-7-18;/h3-5,8-9,12-13,15-16,18,26,30H,6-7,10-11,14,17H2,1-2H3;1H2/t26-;/m0./s1. The van der Waals surface area contributed by atoms with Crippen LogP contribution in [0.15, 0.2) is 59.8 Å². The van der Waals surface area contributed by atoms with E-state index >= 15 is 0 Å². The summed E-state index contributed by atoms with van der Waals surface area (Å²) in [5.74, 6) is -1.62. The first-order chi connectivity index (χ1) is 20.8. The predicted octanol–water partition coefficient (Wildman–Crippen LogP) is 5.41. The average molecular weight is 690 g/mol. The lowest BCUT2D eigenvalue weighted by Gasteiger charge is -2.21. The van der Waals surface area contributed by atoms with Crippen LogP contribution in [0.3, 0.4) is 0 Å². The predicted molar refractivity (Wildman–Crippen MR) is 160 cm³/mol. The molecule has 1 saturated carbocycles. The highest BCUT2D eigenvalue weighted by Crippen LogP contribution is 2.38. The Balaban J connectivity index is 0.00000552. The van der Waals surface area contributed by atoms with Crippen LogP contribution in [0.2, 0.25) is 10.0 Å². The molecule has 0 bridgehead atoms. The lowest BCUT2D eigenvalue weighted by atomic mass is 10.0. The van der Waals surface area contributed by atoms with Crippen LogP contribution < -0.4 is 14.5 Å². The number of ether oxygens (including phenoxy) is 3. The molecule has 1 aliphatic carbocycles. The van der Waals surface area contributed by atoms with E-state index in [0.717, 1.165) is 12.8 Å². The third-order valence-corrected chi connectivity index (χ3v) is 9.20. The van der Waals surface area contributed by atoms with Gasteiger partial charge in [0.25, 0.3) is 5.91 Å². The molecule has 0 unspecified atom stereocenters. The minimum absolute atomic E-state index is 0. The number of esters is 1. The molecule has 0 spiro atoms. The van der Waals surface area contributed by atoms with E-state index in [4.69, 9.17) is 32.7 Å². The van der Waals surface area contributed by atoms with E-state index < -0.39 is 40.7 Å². The Morgan fingerprint density at radius 2 is 1.73 bits per heavy atom. The lowest BCUT2D eigenvalue weighted by Crippen LogP contribution is -2.22. The molecule has 244 valence electrons.